The molecule has 1 aromatic carbocycles. The minimum absolute atomic E-state index is 0. The van der Waals surface area contributed by atoms with Gasteiger partial charge in [-0.1, -0.05) is 17.7 Å². The number of likely N-dealkylation sites (tertiary alicyclic amines) is 1. The molecule has 0 bridgehead atoms. The lowest BCUT2D eigenvalue weighted by Crippen LogP contribution is -2.35. The Morgan fingerprint density at radius 2 is 2.21 bits per heavy atom. The molecule has 1 aromatic rings. The van der Waals surface area contributed by atoms with Crippen LogP contribution in [0.5, 0.6) is 0 Å². The number of halogens is 3. The van der Waals surface area contributed by atoms with Crippen LogP contribution in [0.25, 0.3) is 0 Å². The van der Waals surface area contributed by atoms with Crippen LogP contribution in [-0.2, 0) is 6.54 Å². The highest BCUT2D eigenvalue weighted by Gasteiger charge is 2.19. The molecule has 108 valence electrons. The standard InChI is InChI=1S/C14H20BrClN2.ClH/c15-13-4-3-12(8-14(13)16)10-18-7-1-2-11(9-18)5-6-17;/h3-4,8,11H,1-2,5-7,9-10,17H2;1H. The van der Waals surface area contributed by atoms with E-state index in [0.29, 0.717) is 0 Å². The summed E-state index contributed by atoms with van der Waals surface area (Å²) in [4.78, 5) is 2.52. The molecule has 0 amide bonds. The molecule has 19 heavy (non-hydrogen) atoms. The van der Waals surface area contributed by atoms with Crippen LogP contribution in [-0.4, -0.2) is 24.5 Å². The number of hydrogen-bond acceptors (Lipinski definition) is 2. The van der Waals surface area contributed by atoms with E-state index in [1.54, 1.807) is 0 Å². The maximum absolute atomic E-state index is 6.13. The van der Waals surface area contributed by atoms with E-state index >= 15 is 0 Å². The Morgan fingerprint density at radius 3 is 2.89 bits per heavy atom. The van der Waals surface area contributed by atoms with Gasteiger partial charge in [0.1, 0.15) is 0 Å². The molecular formula is C14H21BrCl2N2. The largest absolute Gasteiger partial charge is 0.330 e. The first-order valence-corrected chi connectivity index (χ1v) is 7.72. The second-order valence-corrected chi connectivity index (χ2v) is 6.33. The molecule has 0 radical (unpaired) electrons. The quantitative estimate of drug-likeness (QED) is 0.868. The molecule has 1 atom stereocenters. The molecule has 5 heteroatoms. The molecular weight excluding hydrogens is 347 g/mol. The van der Waals surface area contributed by atoms with Crippen LogP contribution < -0.4 is 5.73 Å². The fourth-order valence-corrected chi connectivity index (χ4v) is 3.11. The monoisotopic (exact) mass is 366 g/mol. The summed E-state index contributed by atoms with van der Waals surface area (Å²) in [6.45, 7) is 4.16. The van der Waals surface area contributed by atoms with E-state index in [1.165, 1.54) is 31.5 Å². The van der Waals surface area contributed by atoms with Crippen molar-refractivity contribution < 1.29 is 0 Å². The first-order valence-electron chi connectivity index (χ1n) is 6.55. The molecule has 2 rings (SSSR count). The van der Waals surface area contributed by atoms with Gasteiger partial charge in [-0.25, -0.2) is 0 Å². The molecule has 1 unspecified atom stereocenters. The van der Waals surface area contributed by atoms with Gasteiger partial charge in [0, 0.05) is 17.6 Å². The van der Waals surface area contributed by atoms with Gasteiger partial charge in [-0.05, 0) is 71.9 Å². The van der Waals surface area contributed by atoms with Crippen molar-refractivity contribution in [3.63, 3.8) is 0 Å². The van der Waals surface area contributed by atoms with Crippen LogP contribution in [0.15, 0.2) is 22.7 Å². The van der Waals surface area contributed by atoms with Crippen LogP contribution in [0.2, 0.25) is 5.02 Å². The van der Waals surface area contributed by atoms with E-state index in [-0.39, 0.29) is 12.4 Å². The minimum atomic E-state index is 0. The number of hydrogen-bond donors (Lipinski definition) is 1. The Hall–Kier alpha value is 0.200. The molecule has 0 aromatic heterocycles. The molecule has 0 aliphatic carbocycles. The number of benzene rings is 1. The zero-order valence-electron chi connectivity index (χ0n) is 10.9. The lowest BCUT2D eigenvalue weighted by atomic mass is 9.94. The van der Waals surface area contributed by atoms with E-state index in [0.717, 1.165) is 34.9 Å². The zero-order chi connectivity index (χ0) is 13.0. The molecule has 0 spiro atoms. The maximum Gasteiger partial charge on any atom is 0.0551 e. The average Bonchev–Trinajstić information content (AvgIpc) is 2.35. The van der Waals surface area contributed by atoms with Crippen LogP contribution in [0, 0.1) is 5.92 Å². The lowest BCUT2D eigenvalue weighted by Gasteiger charge is -2.32. The molecule has 1 heterocycles. The summed E-state index contributed by atoms with van der Waals surface area (Å²) >= 11 is 9.55. The van der Waals surface area contributed by atoms with Gasteiger partial charge in [0.25, 0.3) is 0 Å². The summed E-state index contributed by atoms with van der Waals surface area (Å²) in [5, 5.41) is 0.794. The van der Waals surface area contributed by atoms with Crippen molar-refractivity contribution in [1.82, 2.24) is 4.90 Å². The third-order valence-corrected chi connectivity index (χ3v) is 4.80. The van der Waals surface area contributed by atoms with Crippen LogP contribution >= 0.6 is 39.9 Å². The second kappa shape index (κ2) is 8.48. The normalized spacial score (nSPS) is 20.1. The Kier molecular flexibility index (Phi) is 7.70. The van der Waals surface area contributed by atoms with Crippen molar-refractivity contribution in [2.45, 2.75) is 25.8 Å². The van der Waals surface area contributed by atoms with E-state index in [2.05, 4.69) is 33.0 Å². The van der Waals surface area contributed by atoms with Gasteiger partial charge < -0.3 is 5.73 Å². The zero-order valence-corrected chi connectivity index (χ0v) is 14.1. The molecule has 0 saturated carbocycles. The van der Waals surface area contributed by atoms with Gasteiger partial charge >= 0.3 is 0 Å². The highest BCUT2D eigenvalue weighted by atomic mass is 79.9. The summed E-state index contributed by atoms with van der Waals surface area (Å²) in [6, 6.07) is 6.22. The minimum Gasteiger partial charge on any atom is -0.330 e. The van der Waals surface area contributed by atoms with Crippen molar-refractivity contribution in [3.8, 4) is 0 Å². The van der Waals surface area contributed by atoms with Gasteiger partial charge in [0.2, 0.25) is 0 Å². The van der Waals surface area contributed by atoms with Crippen LogP contribution in [0.4, 0.5) is 0 Å². The van der Waals surface area contributed by atoms with Gasteiger partial charge in [-0.3, -0.25) is 4.90 Å². The SMILES string of the molecule is Cl.NCCC1CCCN(Cc2ccc(Br)c(Cl)c2)C1. The Bertz CT molecular complexity index is 399. The molecule has 2 nitrogen and oxygen atoms in total. The van der Waals surface area contributed by atoms with Gasteiger partial charge in [-0.15, -0.1) is 12.4 Å². The lowest BCUT2D eigenvalue weighted by molar-refractivity contribution is 0.163. The highest BCUT2D eigenvalue weighted by molar-refractivity contribution is 9.10. The fraction of sp³-hybridized carbons (Fsp3) is 0.571. The van der Waals surface area contributed by atoms with Crippen molar-refractivity contribution in [3.05, 3.63) is 33.3 Å². The summed E-state index contributed by atoms with van der Waals surface area (Å²) in [7, 11) is 0. The maximum atomic E-state index is 6.13. The highest BCUT2D eigenvalue weighted by Crippen LogP contribution is 2.25. The van der Waals surface area contributed by atoms with E-state index < -0.39 is 0 Å². The number of rotatable bonds is 4. The number of nitrogens with two attached hydrogens (primary N) is 1. The summed E-state index contributed by atoms with van der Waals surface area (Å²) in [5.74, 6) is 0.773. The number of nitrogens with zero attached hydrogens (tertiary/aromatic N) is 1. The summed E-state index contributed by atoms with van der Waals surface area (Å²) < 4.78 is 0.965. The second-order valence-electron chi connectivity index (χ2n) is 5.07. The van der Waals surface area contributed by atoms with Gasteiger partial charge in [-0.2, -0.15) is 0 Å². The van der Waals surface area contributed by atoms with E-state index in [4.69, 9.17) is 17.3 Å². The topological polar surface area (TPSA) is 29.3 Å². The van der Waals surface area contributed by atoms with Gasteiger partial charge in [0.05, 0.1) is 5.02 Å². The van der Waals surface area contributed by atoms with E-state index in [9.17, 15) is 0 Å². The van der Waals surface area contributed by atoms with Crippen molar-refractivity contribution in [2.24, 2.45) is 11.7 Å². The Balaban J connectivity index is 0.00000180. The molecule has 2 N–H and O–H groups in total. The van der Waals surface area contributed by atoms with E-state index in [1.807, 2.05) is 6.07 Å². The number of piperidine rings is 1. The molecule has 1 saturated heterocycles. The van der Waals surface area contributed by atoms with Crippen LogP contribution in [0.3, 0.4) is 0 Å². The molecule has 1 fully saturated rings. The van der Waals surface area contributed by atoms with Crippen LogP contribution in [0.1, 0.15) is 24.8 Å². The molecule has 1 aliphatic rings. The Labute approximate surface area is 135 Å². The third-order valence-electron chi connectivity index (χ3n) is 3.57. The predicted molar refractivity (Wildman–Crippen MR) is 88.1 cm³/mol. The summed E-state index contributed by atoms with van der Waals surface area (Å²) in [5.41, 5.74) is 6.94. The van der Waals surface area contributed by atoms with Crippen molar-refractivity contribution in [2.75, 3.05) is 19.6 Å². The fourth-order valence-electron chi connectivity index (χ4n) is 2.66. The first-order chi connectivity index (χ1) is 8.69. The Morgan fingerprint density at radius 1 is 1.42 bits per heavy atom. The predicted octanol–water partition coefficient (Wildman–Crippen LogP) is 4.09. The third kappa shape index (κ3) is 5.24. The first kappa shape index (κ1) is 17.3. The average molecular weight is 368 g/mol. The van der Waals surface area contributed by atoms with Crippen molar-refractivity contribution in [1.29, 1.82) is 0 Å². The molecule has 1 aliphatic heterocycles. The summed E-state index contributed by atoms with van der Waals surface area (Å²) in [6.07, 6.45) is 3.77. The smallest absolute Gasteiger partial charge is 0.0551 e. The van der Waals surface area contributed by atoms with Crippen molar-refractivity contribution >= 4 is 39.9 Å². The van der Waals surface area contributed by atoms with Gasteiger partial charge in [0.15, 0.2) is 0 Å².